The molecular formula is C52H34N6. The van der Waals surface area contributed by atoms with Crippen LogP contribution in [0.2, 0.25) is 0 Å². The Bertz CT molecular complexity index is 2680. The number of hydrogen-bond donors (Lipinski definition) is 0. The maximum atomic E-state index is 5.02. The normalized spacial score (nSPS) is 11.1. The fourth-order valence-electron chi connectivity index (χ4n) is 7.42. The van der Waals surface area contributed by atoms with Crippen LogP contribution in [0, 0.1) is 0 Å². The Balaban J connectivity index is 0.982. The summed E-state index contributed by atoms with van der Waals surface area (Å²) in [4.78, 5) is 28.5. The van der Waals surface area contributed by atoms with Crippen LogP contribution in [0.25, 0.3) is 101 Å². The van der Waals surface area contributed by atoms with Gasteiger partial charge in [-0.3, -0.25) is 9.97 Å². The lowest BCUT2D eigenvalue weighted by molar-refractivity contribution is 1.18. The van der Waals surface area contributed by atoms with Crippen molar-refractivity contribution in [3.8, 4) is 90.1 Å². The maximum Gasteiger partial charge on any atom is 0.160 e. The van der Waals surface area contributed by atoms with E-state index in [4.69, 9.17) is 19.9 Å². The highest BCUT2D eigenvalue weighted by molar-refractivity contribution is 6.04. The summed E-state index contributed by atoms with van der Waals surface area (Å²) in [7, 11) is 0. The quantitative estimate of drug-likeness (QED) is 0.154. The molecule has 0 amide bonds. The molecule has 0 unspecified atom stereocenters. The molecule has 272 valence electrons. The van der Waals surface area contributed by atoms with Crippen molar-refractivity contribution in [1.82, 2.24) is 29.9 Å². The second kappa shape index (κ2) is 15.3. The molecule has 6 aromatic carbocycles. The van der Waals surface area contributed by atoms with Crippen LogP contribution in [0.15, 0.2) is 207 Å². The van der Waals surface area contributed by atoms with E-state index in [-0.39, 0.29) is 0 Å². The van der Waals surface area contributed by atoms with E-state index in [0.29, 0.717) is 11.6 Å². The molecule has 10 rings (SSSR count). The molecule has 0 bridgehead atoms. The van der Waals surface area contributed by atoms with Gasteiger partial charge in [-0.1, -0.05) is 146 Å². The van der Waals surface area contributed by atoms with Gasteiger partial charge in [0, 0.05) is 58.2 Å². The molecule has 0 saturated carbocycles. The van der Waals surface area contributed by atoms with E-state index < -0.39 is 0 Å². The summed E-state index contributed by atoms with van der Waals surface area (Å²) in [6, 6.07) is 62.7. The van der Waals surface area contributed by atoms with E-state index in [1.54, 1.807) is 24.8 Å². The van der Waals surface area contributed by atoms with Crippen molar-refractivity contribution in [3.63, 3.8) is 0 Å². The van der Waals surface area contributed by atoms with Crippen molar-refractivity contribution in [2.75, 3.05) is 0 Å². The Morgan fingerprint density at radius 1 is 0.241 bits per heavy atom. The summed E-state index contributed by atoms with van der Waals surface area (Å²) in [5, 5.41) is 2.36. The van der Waals surface area contributed by atoms with Gasteiger partial charge in [0.2, 0.25) is 0 Å². The molecule has 0 aliphatic carbocycles. The van der Waals surface area contributed by atoms with E-state index in [0.717, 1.165) is 78.4 Å². The van der Waals surface area contributed by atoms with Crippen LogP contribution in [0.4, 0.5) is 0 Å². The van der Waals surface area contributed by atoms with Crippen LogP contribution >= 0.6 is 0 Å². The van der Waals surface area contributed by atoms with Gasteiger partial charge in [0.25, 0.3) is 0 Å². The Labute approximate surface area is 336 Å². The van der Waals surface area contributed by atoms with Crippen molar-refractivity contribution in [2.45, 2.75) is 0 Å². The van der Waals surface area contributed by atoms with Gasteiger partial charge in [-0.25, -0.2) is 19.9 Å². The first-order chi connectivity index (χ1) is 28.7. The standard InChI is InChI=1S/C52H34N6/c1-3-9-37(10-4-1)47-33-49(39-25-29-53-30-26-39)57-51(55-47)41-21-17-35(18-22-41)43-13-7-16-46-44(14-8-15-45(43)46)36-19-23-42(24-20-36)52-56-48(38-11-5-2-6-12-38)34-50(58-52)40-27-31-54-32-28-40/h1-34H. The van der Waals surface area contributed by atoms with Gasteiger partial charge in [-0.05, 0) is 69.4 Å². The molecule has 6 heteroatoms. The van der Waals surface area contributed by atoms with Crippen LogP contribution in [0.5, 0.6) is 0 Å². The molecule has 0 aliphatic rings. The van der Waals surface area contributed by atoms with Gasteiger partial charge < -0.3 is 0 Å². The first-order valence-corrected chi connectivity index (χ1v) is 19.2. The molecular weight excluding hydrogens is 709 g/mol. The Morgan fingerprint density at radius 3 is 0.931 bits per heavy atom. The summed E-state index contributed by atoms with van der Waals surface area (Å²) in [5.41, 5.74) is 14.0. The van der Waals surface area contributed by atoms with E-state index in [9.17, 15) is 0 Å². The molecule has 0 radical (unpaired) electrons. The highest BCUT2D eigenvalue weighted by atomic mass is 14.9. The van der Waals surface area contributed by atoms with Gasteiger partial charge in [0.15, 0.2) is 11.6 Å². The lowest BCUT2D eigenvalue weighted by atomic mass is 9.92. The molecule has 58 heavy (non-hydrogen) atoms. The molecule has 0 aliphatic heterocycles. The molecule has 0 N–H and O–H groups in total. The predicted molar refractivity (Wildman–Crippen MR) is 234 cm³/mol. The van der Waals surface area contributed by atoms with Crippen molar-refractivity contribution < 1.29 is 0 Å². The van der Waals surface area contributed by atoms with E-state index in [1.807, 2.05) is 72.8 Å². The van der Waals surface area contributed by atoms with Crippen LogP contribution in [-0.2, 0) is 0 Å². The fourth-order valence-corrected chi connectivity index (χ4v) is 7.42. The molecule has 10 aromatic rings. The smallest absolute Gasteiger partial charge is 0.160 e. The third kappa shape index (κ3) is 6.91. The van der Waals surface area contributed by atoms with E-state index in [1.165, 1.54) is 10.8 Å². The summed E-state index contributed by atoms with van der Waals surface area (Å²) in [5.74, 6) is 1.35. The van der Waals surface area contributed by atoms with Crippen LogP contribution in [-0.4, -0.2) is 29.9 Å². The number of pyridine rings is 2. The highest BCUT2D eigenvalue weighted by Crippen LogP contribution is 2.37. The monoisotopic (exact) mass is 742 g/mol. The number of nitrogens with zero attached hydrogens (tertiary/aromatic N) is 6. The first-order valence-electron chi connectivity index (χ1n) is 19.2. The molecule has 0 spiro atoms. The Hall–Kier alpha value is -7.96. The zero-order valence-corrected chi connectivity index (χ0v) is 31.3. The first kappa shape index (κ1) is 34.5. The third-order valence-electron chi connectivity index (χ3n) is 10.4. The van der Waals surface area contributed by atoms with Crippen LogP contribution < -0.4 is 0 Å². The van der Waals surface area contributed by atoms with Gasteiger partial charge in [0.1, 0.15) is 0 Å². The topological polar surface area (TPSA) is 77.3 Å². The zero-order valence-electron chi connectivity index (χ0n) is 31.3. The third-order valence-corrected chi connectivity index (χ3v) is 10.4. The number of rotatable bonds is 8. The van der Waals surface area contributed by atoms with Crippen LogP contribution in [0.1, 0.15) is 0 Å². The largest absolute Gasteiger partial charge is 0.265 e. The number of aromatic nitrogens is 6. The molecule has 6 nitrogen and oxygen atoms in total. The minimum Gasteiger partial charge on any atom is -0.265 e. The van der Waals surface area contributed by atoms with Crippen molar-refractivity contribution in [2.24, 2.45) is 0 Å². The van der Waals surface area contributed by atoms with Crippen molar-refractivity contribution >= 4 is 10.8 Å². The Morgan fingerprint density at radius 2 is 0.569 bits per heavy atom. The lowest BCUT2D eigenvalue weighted by Crippen LogP contribution is -1.96. The maximum absolute atomic E-state index is 5.02. The van der Waals surface area contributed by atoms with Gasteiger partial charge >= 0.3 is 0 Å². The summed E-state index contributed by atoms with van der Waals surface area (Å²) < 4.78 is 0. The minimum atomic E-state index is 0.675. The van der Waals surface area contributed by atoms with Gasteiger partial charge in [0.05, 0.1) is 22.8 Å². The van der Waals surface area contributed by atoms with Crippen molar-refractivity contribution in [3.05, 3.63) is 207 Å². The van der Waals surface area contributed by atoms with E-state index in [2.05, 4.69) is 119 Å². The minimum absolute atomic E-state index is 0.675. The van der Waals surface area contributed by atoms with Crippen molar-refractivity contribution in [1.29, 1.82) is 0 Å². The fraction of sp³-hybridized carbons (Fsp3) is 0. The molecule has 0 fully saturated rings. The van der Waals surface area contributed by atoms with Gasteiger partial charge in [-0.15, -0.1) is 0 Å². The molecule has 0 saturated heterocycles. The van der Waals surface area contributed by atoms with E-state index >= 15 is 0 Å². The zero-order chi connectivity index (χ0) is 38.7. The summed E-state index contributed by atoms with van der Waals surface area (Å²) in [6.45, 7) is 0. The Kier molecular flexibility index (Phi) is 9.10. The average Bonchev–Trinajstić information content (AvgIpc) is 3.32. The lowest BCUT2D eigenvalue weighted by Gasteiger charge is -2.13. The summed E-state index contributed by atoms with van der Waals surface area (Å²) in [6.07, 6.45) is 7.17. The van der Waals surface area contributed by atoms with Gasteiger partial charge in [-0.2, -0.15) is 0 Å². The number of benzene rings is 6. The predicted octanol–water partition coefficient (Wildman–Crippen LogP) is 12.5. The molecule has 4 aromatic heterocycles. The SMILES string of the molecule is c1ccc(-c2cc(-c3ccncc3)nc(-c3ccc(-c4cccc5c(-c6ccc(-c7nc(-c8ccccc8)cc(-c8ccncc8)n7)cc6)cccc45)cc3)n2)cc1. The number of hydrogen-bond acceptors (Lipinski definition) is 6. The van der Waals surface area contributed by atoms with Crippen LogP contribution in [0.3, 0.4) is 0 Å². The number of fused-ring (bicyclic) bond motifs is 1. The summed E-state index contributed by atoms with van der Waals surface area (Å²) >= 11 is 0. The second-order valence-corrected chi connectivity index (χ2v) is 14.0. The molecule has 4 heterocycles. The average molecular weight is 743 g/mol. The highest BCUT2D eigenvalue weighted by Gasteiger charge is 2.14. The second-order valence-electron chi connectivity index (χ2n) is 14.0. The molecule has 0 atom stereocenters.